The van der Waals surface area contributed by atoms with E-state index in [9.17, 15) is 22.8 Å². The summed E-state index contributed by atoms with van der Waals surface area (Å²) in [6.07, 6.45) is -4.62. The maximum absolute atomic E-state index is 12.4. The first-order valence-corrected chi connectivity index (χ1v) is 5.23. The number of carbonyl (C=O) groups is 2. The molecule has 1 aromatic carbocycles. The van der Waals surface area contributed by atoms with Crippen LogP contribution in [0.5, 0.6) is 0 Å². The predicted molar refractivity (Wildman–Crippen MR) is 57.4 cm³/mol. The highest BCUT2D eigenvalue weighted by atomic mass is 35.5. The Hall–Kier alpha value is -1.56. The number of Topliss-reactive ketones (excluding diaryl/α,β-unsaturated/α-hetero) is 1. The lowest BCUT2D eigenvalue weighted by atomic mass is 10.1. The van der Waals surface area contributed by atoms with Gasteiger partial charge < -0.3 is 4.74 Å². The Bertz CT molecular complexity index is 483. The molecule has 0 bridgehead atoms. The Morgan fingerprint density at radius 3 is 2.44 bits per heavy atom. The molecule has 0 aliphatic rings. The van der Waals surface area contributed by atoms with Gasteiger partial charge in [0.25, 0.3) is 5.78 Å². The zero-order valence-electron chi connectivity index (χ0n) is 9.18. The summed E-state index contributed by atoms with van der Waals surface area (Å²) in [5.74, 6) is -2.44. The van der Waals surface area contributed by atoms with Crippen LogP contribution in [0.3, 0.4) is 0 Å². The minimum Gasteiger partial charge on any atom is -0.460 e. The number of hydrogen-bond acceptors (Lipinski definition) is 3. The van der Waals surface area contributed by atoms with Crippen molar-refractivity contribution >= 4 is 23.4 Å². The molecule has 1 aromatic rings. The molecule has 0 fully saturated rings. The van der Waals surface area contributed by atoms with Crippen LogP contribution in [0.15, 0.2) is 18.2 Å². The number of rotatable bonds is 3. The van der Waals surface area contributed by atoms with E-state index in [1.165, 1.54) is 6.92 Å². The second kappa shape index (κ2) is 5.39. The Morgan fingerprint density at radius 1 is 1.33 bits per heavy atom. The number of esters is 1. The first kappa shape index (κ1) is 14.5. The molecule has 7 heteroatoms. The highest BCUT2D eigenvalue weighted by Gasteiger charge is 2.32. The number of ketones is 1. The summed E-state index contributed by atoms with van der Waals surface area (Å²) < 4.78 is 41.7. The minimum atomic E-state index is -4.62. The van der Waals surface area contributed by atoms with Crippen molar-refractivity contribution in [3.8, 4) is 0 Å². The number of benzene rings is 1. The summed E-state index contributed by atoms with van der Waals surface area (Å²) in [6, 6.07) is 2.17. The monoisotopic (exact) mass is 280 g/mol. The van der Waals surface area contributed by atoms with Gasteiger partial charge in [0.05, 0.1) is 17.2 Å². The molecule has 1 rings (SSSR count). The number of halogens is 4. The van der Waals surface area contributed by atoms with Gasteiger partial charge in [0.1, 0.15) is 0 Å². The van der Waals surface area contributed by atoms with Crippen LogP contribution in [0.25, 0.3) is 0 Å². The minimum absolute atomic E-state index is 0.0544. The van der Waals surface area contributed by atoms with E-state index in [1.807, 2.05) is 0 Å². The first-order chi connectivity index (χ1) is 8.27. The summed E-state index contributed by atoms with van der Waals surface area (Å²) in [7, 11) is 0. The molecule has 0 saturated carbocycles. The summed E-state index contributed by atoms with van der Waals surface area (Å²) in [4.78, 5) is 22.7. The second-order valence-electron chi connectivity index (χ2n) is 3.24. The Morgan fingerprint density at radius 2 is 1.94 bits per heavy atom. The van der Waals surface area contributed by atoms with Crippen LogP contribution < -0.4 is 0 Å². The van der Waals surface area contributed by atoms with Gasteiger partial charge in [0, 0.05) is 5.56 Å². The fourth-order valence-corrected chi connectivity index (χ4v) is 1.39. The lowest BCUT2D eigenvalue weighted by Gasteiger charge is -2.09. The van der Waals surface area contributed by atoms with Crippen molar-refractivity contribution in [3.63, 3.8) is 0 Å². The Kier molecular flexibility index (Phi) is 4.34. The van der Waals surface area contributed by atoms with Crippen LogP contribution in [-0.2, 0) is 15.7 Å². The van der Waals surface area contributed by atoms with Crippen molar-refractivity contribution < 1.29 is 27.5 Å². The van der Waals surface area contributed by atoms with Crippen molar-refractivity contribution in [1.82, 2.24) is 0 Å². The third-order valence-corrected chi connectivity index (χ3v) is 2.33. The van der Waals surface area contributed by atoms with Crippen LogP contribution in [0.1, 0.15) is 22.8 Å². The molecule has 18 heavy (non-hydrogen) atoms. The largest absolute Gasteiger partial charge is 0.460 e. The van der Waals surface area contributed by atoms with E-state index in [1.54, 1.807) is 0 Å². The lowest BCUT2D eigenvalue weighted by molar-refractivity contribution is -0.138. The quantitative estimate of drug-likeness (QED) is 0.485. The summed E-state index contributed by atoms with van der Waals surface area (Å²) in [6.45, 7) is 1.42. The molecule has 0 amide bonds. The molecule has 0 aromatic heterocycles. The molecule has 0 unspecified atom stereocenters. The average Bonchev–Trinajstić information content (AvgIpc) is 2.27. The van der Waals surface area contributed by atoms with E-state index >= 15 is 0 Å². The second-order valence-corrected chi connectivity index (χ2v) is 3.65. The maximum atomic E-state index is 12.4. The molecular formula is C11H8ClF3O3. The third kappa shape index (κ3) is 3.22. The van der Waals surface area contributed by atoms with Crippen LogP contribution in [0, 0.1) is 0 Å². The SMILES string of the molecule is CCOC(=O)C(=O)c1cc(C(F)(F)F)ccc1Cl. The molecule has 0 saturated heterocycles. The van der Waals surface area contributed by atoms with Gasteiger partial charge in [0.2, 0.25) is 0 Å². The highest BCUT2D eigenvalue weighted by Crippen LogP contribution is 2.31. The highest BCUT2D eigenvalue weighted by molar-refractivity contribution is 6.45. The van der Waals surface area contributed by atoms with Crippen LogP contribution in [0.2, 0.25) is 5.02 Å². The van der Waals surface area contributed by atoms with Gasteiger partial charge in [-0.3, -0.25) is 4.79 Å². The third-order valence-electron chi connectivity index (χ3n) is 2.00. The molecule has 0 aliphatic heterocycles. The molecule has 98 valence electrons. The van der Waals surface area contributed by atoms with Gasteiger partial charge in [-0.25, -0.2) is 4.79 Å². The van der Waals surface area contributed by atoms with E-state index in [0.717, 1.165) is 12.1 Å². The van der Waals surface area contributed by atoms with Crippen LogP contribution >= 0.6 is 11.6 Å². The molecule has 0 heterocycles. The number of hydrogen-bond donors (Lipinski definition) is 0. The molecule has 0 N–H and O–H groups in total. The van der Waals surface area contributed by atoms with Gasteiger partial charge >= 0.3 is 12.1 Å². The van der Waals surface area contributed by atoms with Crippen molar-refractivity contribution in [2.75, 3.05) is 6.61 Å². The van der Waals surface area contributed by atoms with Gasteiger partial charge in [-0.2, -0.15) is 13.2 Å². The van der Waals surface area contributed by atoms with Crippen molar-refractivity contribution in [2.45, 2.75) is 13.1 Å². The zero-order valence-corrected chi connectivity index (χ0v) is 9.93. The van der Waals surface area contributed by atoms with Crippen LogP contribution in [-0.4, -0.2) is 18.4 Å². The molecule has 0 aliphatic carbocycles. The van der Waals surface area contributed by atoms with E-state index in [2.05, 4.69) is 4.74 Å². The Labute approximate surface area is 105 Å². The molecular weight excluding hydrogens is 273 g/mol. The van der Waals surface area contributed by atoms with Gasteiger partial charge in [-0.15, -0.1) is 0 Å². The molecule has 0 spiro atoms. The number of ether oxygens (including phenoxy) is 1. The number of carbonyl (C=O) groups excluding carboxylic acids is 2. The summed E-state index contributed by atoms with van der Waals surface area (Å²) in [5.41, 5.74) is -1.58. The lowest BCUT2D eigenvalue weighted by Crippen LogP contribution is -2.19. The standard InChI is InChI=1S/C11H8ClF3O3/c1-2-18-10(17)9(16)7-5-6(11(13,14)15)3-4-8(7)12/h3-5H,2H2,1H3. The van der Waals surface area contributed by atoms with Gasteiger partial charge in [0.15, 0.2) is 0 Å². The smallest absolute Gasteiger partial charge is 0.416 e. The fourth-order valence-electron chi connectivity index (χ4n) is 1.18. The van der Waals surface area contributed by atoms with E-state index in [4.69, 9.17) is 11.6 Å². The van der Waals surface area contributed by atoms with Gasteiger partial charge in [-0.1, -0.05) is 11.6 Å². The number of alkyl halides is 3. The van der Waals surface area contributed by atoms with Crippen molar-refractivity contribution in [3.05, 3.63) is 34.3 Å². The topological polar surface area (TPSA) is 43.4 Å². The normalized spacial score (nSPS) is 11.2. The fraction of sp³-hybridized carbons (Fsp3) is 0.273. The first-order valence-electron chi connectivity index (χ1n) is 4.85. The zero-order chi connectivity index (χ0) is 13.9. The van der Waals surface area contributed by atoms with Crippen molar-refractivity contribution in [2.24, 2.45) is 0 Å². The average molecular weight is 281 g/mol. The van der Waals surface area contributed by atoms with Gasteiger partial charge in [-0.05, 0) is 25.1 Å². The van der Waals surface area contributed by atoms with E-state index in [-0.39, 0.29) is 11.6 Å². The molecule has 3 nitrogen and oxygen atoms in total. The Balaban J connectivity index is 3.16. The predicted octanol–water partition coefficient (Wildman–Crippen LogP) is 3.10. The molecule has 0 radical (unpaired) electrons. The van der Waals surface area contributed by atoms with Crippen molar-refractivity contribution in [1.29, 1.82) is 0 Å². The summed E-state index contributed by atoms with van der Waals surface area (Å²) >= 11 is 5.59. The summed E-state index contributed by atoms with van der Waals surface area (Å²) in [5, 5.41) is -0.235. The van der Waals surface area contributed by atoms with E-state index < -0.39 is 29.1 Å². The molecule has 0 atom stereocenters. The van der Waals surface area contributed by atoms with Crippen LogP contribution in [0.4, 0.5) is 13.2 Å². The maximum Gasteiger partial charge on any atom is 0.416 e. The van der Waals surface area contributed by atoms with E-state index in [0.29, 0.717) is 6.07 Å².